The fourth-order valence-electron chi connectivity index (χ4n) is 2.95. The van der Waals surface area contributed by atoms with E-state index in [-0.39, 0.29) is 16.1 Å². The number of anilines is 2. The molecule has 0 saturated heterocycles. The van der Waals surface area contributed by atoms with Crippen molar-refractivity contribution in [2.24, 2.45) is 0 Å². The van der Waals surface area contributed by atoms with Crippen LogP contribution in [0, 0.1) is 13.8 Å². The summed E-state index contributed by atoms with van der Waals surface area (Å²) in [5.74, 6) is -0.487. The summed E-state index contributed by atoms with van der Waals surface area (Å²) in [6.45, 7) is 3.88. The Labute approximate surface area is 190 Å². The summed E-state index contributed by atoms with van der Waals surface area (Å²) < 4.78 is 28.0. The monoisotopic (exact) mass is 464 g/mol. The number of amides is 1. The molecule has 9 heteroatoms. The number of carbonyl (C=O) groups excluding carboxylic acids is 1. The topological polar surface area (TPSA) is 101 Å². The van der Waals surface area contributed by atoms with Crippen molar-refractivity contribution in [3.63, 3.8) is 0 Å². The minimum atomic E-state index is -3.88. The number of pyridine rings is 1. The Hall–Kier alpha value is -3.56. The number of thiazole rings is 1. The number of sulfonamides is 1. The van der Waals surface area contributed by atoms with Gasteiger partial charge in [-0.25, -0.2) is 13.4 Å². The zero-order valence-corrected chi connectivity index (χ0v) is 19.0. The van der Waals surface area contributed by atoms with Gasteiger partial charge in [-0.3, -0.25) is 19.8 Å². The largest absolute Gasteiger partial charge is 0.298 e. The van der Waals surface area contributed by atoms with Crippen molar-refractivity contribution in [3.05, 3.63) is 89.1 Å². The number of benzene rings is 2. The summed E-state index contributed by atoms with van der Waals surface area (Å²) in [5.41, 5.74) is 4.02. The summed E-state index contributed by atoms with van der Waals surface area (Å²) in [7, 11) is -3.88. The standard InChI is InChI=1S/C23H20N4O3S2/c1-15-3-7-17(8-4-15)21-14-31-23(25-21)26-22(28)19-11-12-24-13-20(19)27-32(29,30)18-9-5-16(2)6-10-18/h3-14,27H,1-2H3,(H,25,26,28). The summed E-state index contributed by atoms with van der Waals surface area (Å²) >= 11 is 1.29. The molecule has 7 nitrogen and oxygen atoms in total. The highest BCUT2D eigenvalue weighted by Crippen LogP contribution is 2.26. The molecule has 0 aliphatic heterocycles. The third-order valence-electron chi connectivity index (χ3n) is 4.71. The van der Waals surface area contributed by atoms with Crippen molar-refractivity contribution in [3.8, 4) is 11.3 Å². The molecule has 4 rings (SSSR count). The second-order valence-corrected chi connectivity index (χ2v) is 9.74. The van der Waals surface area contributed by atoms with Crippen molar-refractivity contribution in [2.75, 3.05) is 10.0 Å². The van der Waals surface area contributed by atoms with Crippen LogP contribution in [0.15, 0.2) is 77.3 Å². The van der Waals surface area contributed by atoms with Crippen LogP contribution in [-0.4, -0.2) is 24.3 Å². The van der Waals surface area contributed by atoms with Crippen molar-refractivity contribution in [1.29, 1.82) is 0 Å². The first kappa shape index (κ1) is 21.7. The lowest BCUT2D eigenvalue weighted by atomic mass is 10.1. The second kappa shape index (κ2) is 8.89. The fourth-order valence-corrected chi connectivity index (χ4v) is 4.73. The van der Waals surface area contributed by atoms with Crippen LogP contribution in [0.25, 0.3) is 11.3 Å². The van der Waals surface area contributed by atoms with E-state index < -0.39 is 15.9 Å². The van der Waals surface area contributed by atoms with E-state index >= 15 is 0 Å². The van der Waals surface area contributed by atoms with E-state index in [1.807, 2.05) is 43.5 Å². The van der Waals surface area contributed by atoms with Crippen molar-refractivity contribution in [2.45, 2.75) is 18.7 Å². The molecule has 162 valence electrons. The molecule has 0 spiro atoms. The summed E-state index contributed by atoms with van der Waals surface area (Å²) in [4.78, 5) is 21.4. The molecule has 2 aromatic carbocycles. The molecule has 0 unspecified atom stereocenters. The first-order valence-electron chi connectivity index (χ1n) is 9.69. The van der Waals surface area contributed by atoms with E-state index in [2.05, 4.69) is 20.0 Å². The lowest BCUT2D eigenvalue weighted by molar-refractivity contribution is 0.102. The molecule has 0 bridgehead atoms. The Bertz CT molecular complexity index is 1360. The average Bonchev–Trinajstić information content (AvgIpc) is 3.23. The molecule has 0 aliphatic rings. The molecule has 0 fully saturated rings. The second-order valence-electron chi connectivity index (χ2n) is 7.20. The highest BCUT2D eigenvalue weighted by Gasteiger charge is 2.20. The van der Waals surface area contributed by atoms with Gasteiger partial charge in [0.05, 0.1) is 28.0 Å². The number of nitrogens with zero attached hydrogens (tertiary/aromatic N) is 2. The van der Waals surface area contributed by atoms with Gasteiger partial charge in [0, 0.05) is 17.1 Å². The molecular formula is C23H20N4O3S2. The van der Waals surface area contributed by atoms with E-state index in [4.69, 9.17) is 0 Å². The molecular weight excluding hydrogens is 444 g/mol. The molecule has 0 radical (unpaired) electrons. The van der Waals surface area contributed by atoms with E-state index in [9.17, 15) is 13.2 Å². The molecule has 0 aliphatic carbocycles. The van der Waals surface area contributed by atoms with E-state index in [1.165, 1.54) is 41.9 Å². The SMILES string of the molecule is Cc1ccc(-c2csc(NC(=O)c3ccncc3NS(=O)(=O)c3ccc(C)cc3)n2)cc1. The number of nitrogens with one attached hydrogen (secondary N) is 2. The average molecular weight is 465 g/mol. The molecule has 1 amide bonds. The fraction of sp³-hybridized carbons (Fsp3) is 0.0870. The zero-order chi connectivity index (χ0) is 22.7. The highest BCUT2D eigenvalue weighted by molar-refractivity contribution is 7.92. The predicted molar refractivity (Wildman–Crippen MR) is 126 cm³/mol. The first-order valence-corrected chi connectivity index (χ1v) is 12.1. The normalized spacial score (nSPS) is 11.2. The van der Waals surface area contributed by atoms with Gasteiger partial charge in [0.25, 0.3) is 15.9 Å². The number of carbonyl (C=O) groups is 1. The van der Waals surface area contributed by atoms with Crippen molar-refractivity contribution >= 4 is 38.1 Å². The Morgan fingerprint density at radius 2 is 1.59 bits per heavy atom. The van der Waals surface area contributed by atoms with Crippen LogP contribution in [-0.2, 0) is 10.0 Å². The molecule has 2 heterocycles. The van der Waals surface area contributed by atoms with Gasteiger partial charge in [-0.05, 0) is 32.0 Å². The van der Waals surface area contributed by atoms with Crippen LogP contribution in [0.4, 0.5) is 10.8 Å². The van der Waals surface area contributed by atoms with E-state index in [0.717, 1.165) is 22.4 Å². The quantitative estimate of drug-likeness (QED) is 0.424. The van der Waals surface area contributed by atoms with Crippen LogP contribution in [0.2, 0.25) is 0 Å². The van der Waals surface area contributed by atoms with E-state index in [0.29, 0.717) is 5.13 Å². The number of aryl methyl sites for hydroxylation is 2. The maximum absolute atomic E-state index is 12.9. The Kier molecular flexibility index (Phi) is 6.02. The first-order chi connectivity index (χ1) is 15.3. The number of hydrogen-bond donors (Lipinski definition) is 2. The summed E-state index contributed by atoms with van der Waals surface area (Å²) in [5, 5.41) is 5.01. The summed E-state index contributed by atoms with van der Waals surface area (Å²) in [6, 6.07) is 15.8. The van der Waals surface area contributed by atoms with Gasteiger partial charge in [0.15, 0.2) is 5.13 Å². The third-order valence-corrected chi connectivity index (χ3v) is 6.85. The van der Waals surface area contributed by atoms with Gasteiger partial charge in [-0.15, -0.1) is 11.3 Å². The van der Waals surface area contributed by atoms with Gasteiger partial charge < -0.3 is 0 Å². The Morgan fingerprint density at radius 3 is 2.28 bits per heavy atom. The zero-order valence-electron chi connectivity index (χ0n) is 17.4. The van der Waals surface area contributed by atoms with Gasteiger partial charge >= 0.3 is 0 Å². The van der Waals surface area contributed by atoms with Gasteiger partial charge in [-0.1, -0.05) is 47.5 Å². The van der Waals surface area contributed by atoms with Crippen LogP contribution in [0.3, 0.4) is 0 Å². The smallest absolute Gasteiger partial charge is 0.261 e. The summed E-state index contributed by atoms with van der Waals surface area (Å²) in [6.07, 6.45) is 2.73. The van der Waals surface area contributed by atoms with Gasteiger partial charge in [0.2, 0.25) is 0 Å². The molecule has 2 N–H and O–H groups in total. The van der Waals surface area contributed by atoms with Crippen LogP contribution in [0.5, 0.6) is 0 Å². The Morgan fingerprint density at radius 1 is 0.938 bits per heavy atom. The van der Waals surface area contributed by atoms with Crippen molar-refractivity contribution in [1.82, 2.24) is 9.97 Å². The molecule has 0 saturated carbocycles. The highest BCUT2D eigenvalue weighted by atomic mass is 32.2. The van der Waals surface area contributed by atoms with E-state index in [1.54, 1.807) is 12.1 Å². The molecule has 32 heavy (non-hydrogen) atoms. The maximum atomic E-state index is 12.9. The van der Waals surface area contributed by atoms with Gasteiger partial charge in [0.1, 0.15) is 0 Å². The Balaban J connectivity index is 1.54. The van der Waals surface area contributed by atoms with Crippen molar-refractivity contribution < 1.29 is 13.2 Å². The lowest BCUT2D eigenvalue weighted by Gasteiger charge is -2.12. The molecule has 0 atom stereocenters. The lowest BCUT2D eigenvalue weighted by Crippen LogP contribution is -2.19. The maximum Gasteiger partial charge on any atom is 0.261 e. The minimum absolute atomic E-state index is 0.0842. The van der Waals surface area contributed by atoms with Gasteiger partial charge in [-0.2, -0.15) is 0 Å². The molecule has 4 aromatic rings. The third kappa shape index (κ3) is 4.84. The molecule has 2 aromatic heterocycles. The van der Waals surface area contributed by atoms with Crippen LogP contribution >= 0.6 is 11.3 Å². The van der Waals surface area contributed by atoms with Crippen LogP contribution in [0.1, 0.15) is 21.5 Å². The number of rotatable bonds is 6. The number of aromatic nitrogens is 2. The number of hydrogen-bond acceptors (Lipinski definition) is 6. The van der Waals surface area contributed by atoms with Crippen LogP contribution < -0.4 is 10.0 Å². The minimum Gasteiger partial charge on any atom is -0.298 e. The predicted octanol–water partition coefficient (Wildman–Crippen LogP) is 4.88.